The van der Waals surface area contributed by atoms with E-state index in [2.05, 4.69) is 50.4 Å². The summed E-state index contributed by atoms with van der Waals surface area (Å²) in [6.45, 7) is 6.41. The van der Waals surface area contributed by atoms with Gasteiger partial charge in [0.25, 0.3) is 5.91 Å². The van der Waals surface area contributed by atoms with Crippen molar-refractivity contribution in [1.82, 2.24) is 0 Å². The number of nitrogens with one attached hydrogen (secondary N) is 1. The fourth-order valence-corrected chi connectivity index (χ4v) is 3.69. The molecule has 0 fully saturated rings. The lowest BCUT2D eigenvalue weighted by molar-refractivity contribution is 0.0602. The SMILES string of the molecule is Cc1cc([C@@H]2C=C[C@@H](c3ccc(C(=O)Nc4ccccc4N)cc3)O2)cc(C)c1C. The van der Waals surface area contributed by atoms with E-state index in [9.17, 15) is 4.79 Å². The number of ether oxygens (including phenoxy) is 1. The third-order valence-electron chi connectivity index (χ3n) is 5.74. The first-order valence-electron chi connectivity index (χ1n) is 10.1. The van der Waals surface area contributed by atoms with Gasteiger partial charge in [-0.1, -0.05) is 48.6 Å². The Morgan fingerprint density at radius 1 is 0.867 bits per heavy atom. The fourth-order valence-electron chi connectivity index (χ4n) is 3.69. The Morgan fingerprint density at radius 3 is 2.10 bits per heavy atom. The van der Waals surface area contributed by atoms with E-state index in [0.29, 0.717) is 16.9 Å². The Labute approximate surface area is 177 Å². The fraction of sp³-hybridized carbons (Fsp3) is 0.192. The summed E-state index contributed by atoms with van der Waals surface area (Å²) in [5, 5.41) is 2.85. The average molecular weight is 399 g/mol. The van der Waals surface area contributed by atoms with Gasteiger partial charge >= 0.3 is 0 Å². The van der Waals surface area contributed by atoms with Crippen molar-refractivity contribution in [1.29, 1.82) is 0 Å². The van der Waals surface area contributed by atoms with Gasteiger partial charge in [0.15, 0.2) is 0 Å². The summed E-state index contributed by atoms with van der Waals surface area (Å²) < 4.78 is 6.27. The molecule has 0 saturated carbocycles. The van der Waals surface area contributed by atoms with E-state index < -0.39 is 0 Å². The largest absolute Gasteiger partial charge is 0.397 e. The van der Waals surface area contributed by atoms with Gasteiger partial charge in [-0.2, -0.15) is 0 Å². The van der Waals surface area contributed by atoms with Crippen LogP contribution in [0.5, 0.6) is 0 Å². The average Bonchev–Trinajstić information content (AvgIpc) is 3.24. The number of hydrogen-bond donors (Lipinski definition) is 2. The Balaban J connectivity index is 1.44. The molecule has 30 heavy (non-hydrogen) atoms. The molecule has 0 unspecified atom stereocenters. The summed E-state index contributed by atoms with van der Waals surface area (Å²) in [7, 11) is 0. The number of anilines is 2. The number of carbonyl (C=O) groups excluding carboxylic acids is 1. The number of para-hydroxylation sites is 2. The summed E-state index contributed by atoms with van der Waals surface area (Å²) >= 11 is 0. The number of nitrogens with two attached hydrogens (primary N) is 1. The summed E-state index contributed by atoms with van der Waals surface area (Å²) in [6, 6.07) is 19.1. The van der Waals surface area contributed by atoms with Crippen LogP contribution in [0.25, 0.3) is 0 Å². The molecule has 2 atom stereocenters. The van der Waals surface area contributed by atoms with Crippen LogP contribution >= 0.6 is 0 Å². The van der Waals surface area contributed by atoms with Crippen LogP contribution in [0.4, 0.5) is 11.4 Å². The lowest BCUT2D eigenvalue weighted by Gasteiger charge is -2.17. The van der Waals surface area contributed by atoms with Crippen LogP contribution in [0.15, 0.2) is 72.8 Å². The van der Waals surface area contributed by atoms with Crippen molar-refractivity contribution in [2.75, 3.05) is 11.1 Å². The van der Waals surface area contributed by atoms with E-state index in [1.54, 1.807) is 12.1 Å². The van der Waals surface area contributed by atoms with Gasteiger partial charge in [0.05, 0.1) is 11.4 Å². The molecule has 4 nitrogen and oxygen atoms in total. The number of nitrogen functional groups attached to an aromatic ring is 1. The first kappa shape index (κ1) is 19.9. The van der Waals surface area contributed by atoms with Crippen LogP contribution in [-0.4, -0.2) is 5.91 Å². The summed E-state index contributed by atoms with van der Waals surface area (Å²) in [5.41, 5.74) is 13.7. The Bertz CT molecular complexity index is 1090. The van der Waals surface area contributed by atoms with Crippen molar-refractivity contribution in [3.8, 4) is 0 Å². The van der Waals surface area contributed by atoms with Crippen LogP contribution in [-0.2, 0) is 4.74 Å². The molecular weight excluding hydrogens is 372 g/mol. The number of benzene rings is 3. The van der Waals surface area contributed by atoms with Gasteiger partial charge in [-0.05, 0) is 72.9 Å². The third kappa shape index (κ3) is 4.00. The summed E-state index contributed by atoms with van der Waals surface area (Å²) in [6.07, 6.45) is 4.00. The Hall–Kier alpha value is -3.37. The molecule has 0 aliphatic carbocycles. The highest BCUT2D eigenvalue weighted by atomic mass is 16.5. The molecule has 3 aromatic rings. The van der Waals surface area contributed by atoms with Crippen molar-refractivity contribution >= 4 is 17.3 Å². The molecular formula is C26H26N2O2. The molecule has 0 aromatic heterocycles. The van der Waals surface area contributed by atoms with Gasteiger partial charge in [0, 0.05) is 5.56 Å². The molecule has 4 heteroatoms. The van der Waals surface area contributed by atoms with Gasteiger partial charge in [-0.3, -0.25) is 4.79 Å². The van der Waals surface area contributed by atoms with Crippen LogP contribution in [0.2, 0.25) is 0 Å². The third-order valence-corrected chi connectivity index (χ3v) is 5.74. The second kappa shape index (κ2) is 8.17. The van der Waals surface area contributed by atoms with Gasteiger partial charge < -0.3 is 15.8 Å². The Morgan fingerprint density at radius 2 is 1.47 bits per heavy atom. The van der Waals surface area contributed by atoms with Crippen molar-refractivity contribution in [2.45, 2.75) is 33.0 Å². The van der Waals surface area contributed by atoms with Gasteiger partial charge in [0.1, 0.15) is 12.2 Å². The minimum absolute atomic E-state index is 0.0583. The lowest BCUT2D eigenvalue weighted by Crippen LogP contribution is -2.13. The smallest absolute Gasteiger partial charge is 0.255 e. The highest BCUT2D eigenvalue weighted by Gasteiger charge is 2.23. The number of amides is 1. The molecule has 1 aliphatic heterocycles. The highest BCUT2D eigenvalue weighted by molar-refractivity contribution is 6.05. The maximum atomic E-state index is 12.5. The number of hydrogen-bond acceptors (Lipinski definition) is 3. The van der Waals surface area contributed by atoms with Gasteiger partial charge in [0.2, 0.25) is 0 Å². The zero-order chi connectivity index (χ0) is 21.3. The molecule has 152 valence electrons. The first-order chi connectivity index (χ1) is 14.4. The van der Waals surface area contributed by atoms with Gasteiger partial charge in [-0.25, -0.2) is 0 Å². The zero-order valence-electron chi connectivity index (χ0n) is 17.5. The minimum Gasteiger partial charge on any atom is -0.397 e. The first-order valence-corrected chi connectivity index (χ1v) is 10.1. The summed E-state index contributed by atoms with van der Waals surface area (Å²) in [5.74, 6) is -0.189. The van der Waals surface area contributed by atoms with E-state index in [-0.39, 0.29) is 18.1 Å². The van der Waals surface area contributed by atoms with Crippen molar-refractivity contribution < 1.29 is 9.53 Å². The second-order valence-electron chi connectivity index (χ2n) is 7.81. The normalized spacial score (nSPS) is 17.8. The monoisotopic (exact) mass is 398 g/mol. The zero-order valence-corrected chi connectivity index (χ0v) is 17.5. The maximum absolute atomic E-state index is 12.5. The molecule has 0 spiro atoms. The predicted molar refractivity (Wildman–Crippen MR) is 122 cm³/mol. The van der Waals surface area contributed by atoms with E-state index in [4.69, 9.17) is 10.5 Å². The minimum atomic E-state index is -0.189. The summed E-state index contributed by atoms with van der Waals surface area (Å²) in [4.78, 5) is 12.5. The van der Waals surface area contributed by atoms with Gasteiger partial charge in [-0.15, -0.1) is 0 Å². The van der Waals surface area contributed by atoms with E-state index in [1.165, 1.54) is 22.3 Å². The van der Waals surface area contributed by atoms with E-state index in [0.717, 1.165) is 5.56 Å². The molecule has 1 heterocycles. The molecule has 1 aliphatic rings. The molecule has 0 radical (unpaired) electrons. The topological polar surface area (TPSA) is 64.4 Å². The lowest BCUT2D eigenvalue weighted by atomic mass is 9.98. The standard InChI is InChI=1S/C26H26N2O2/c1-16-14-21(15-17(2)18(16)3)25-13-12-24(30-25)19-8-10-20(11-9-19)26(29)28-23-7-5-4-6-22(23)27/h4-15,24-25H,27H2,1-3H3,(H,28,29)/t24-,25-/m0/s1. The second-order valence-corrected chi connectivity index (χ2v) is 7.81. The number of carbonyl (C=O) groups is 1. The highest BCUT2D eigenvalue weighted by Crippen LogP contribution is 2.36. The quantitative estimate of drug-likeness (QED) is 0.430. The van der Waals surface area contributed by atoms with Crippen LogP contribution in [0.3, 0.4) is 0 Å². The Kier molecular flexibility index (Phi) is 5.42. The molecule has 0 bridgehead atoms. The maximum Gasteiger partial charge on any atom is 0.255 e. The molecule has 3 aromatic carbocycles. The molecule has 1 amide bonds. The van der Waals surface area contributed by atoms with E-state index >= 15 is 0 Å². The van der Waals surface area contributed by atoms with Crippen LogP contribution in [0, 0.1) is 20.8 Å². The number of aryl methyl sites for hydroxylation is 2. The molecule has 0 saturated heterocycles. The van der Waals surface area contributed by atoms with Crippen LogP contribution in [0.1, 0.15) is 50.4 Å². The van der Waals surface area contributed by atoms with E-state index in [1.807, 2.05) is 36.4 Å². The van der Waals surface area contributed by atoms with Crippen molar-refractivity contribution in [3.63, 3.8) is 0 Å². The molecule has 3 N–H and O–H groups in total. The van der Waals surface area contributed by atoms with Crippen LogP contribution < -0.4 is 11.1 Å². The predicted octanol–water partition coefficient (Wildman–Crippen LogP) is 5.82. The van der Waals surface area contributed by atoms with Crippen molar-refractivity contribution in [3.05, 3.63) is 106 Å². The molecule has 4 rings (SSSR count). The number of rotatable bonds is 4. The van der Waals surface area contributed by atoms with Crippen molar-refractivity contribution in [2.24, 2.45) is 0 Å².